The number of fused-ring (bicyclic) bond motifs is 1. The second kappa shape index (κ2) is 12.7. The number of aromatic nitrogens is 2. The van der Waals surface area contributed by atoms with E-state index in [0.29, 0.717) is 36.4 Å². The lowest BCUT2D eigenvalue weighted by molar-refractivity contribution is -0.114. The topological polar surface area (TPSA) is 76.5 Å². The lowest BCUT2D eigenvalue weighted by Gasteiger charge is -2.26. The lowest BCUT2D eigenvalue weighted by atomic mass is 9.93. The summed E-state index contributed by atoms with van der Waals surface area (Å²) in [6.07, 6.45) is 14.8. The quantitative estimate of drug-likeness (QED) is 0.353. The molecular formula is C35H38N4O3. The van der Waals surface area contributed by atoms with Crippen molar-refractivity contribution in [1.29, 1.82) is 0 Å². The van der Waals surface area contributed by atoms with Crippen LogP contribution in [0.25, 0.3) is 6.08 Å². The van der Waals surface area contributed by atoms with E-state index in [2.05, 4.69) is 58.6 Å². The molecule has 0 spiro atoms. The number of aryl methyl sites for hydroxylation is 1. The zero-order chi connectivity index (χ0) is 28.9. The Labute approximate surface area is 247 Å². The number of Topliss-reactive ketones (excluding diaryl/α,β-unsaturated/α-hetero) is 1. The van der Waals surface area contributed by atoms with Gasteiger partial charge in [-0.3, -0.25) is 19.2 Å². The number of hydrogen-bond donors (Lipinski definition) is 1. The van der Waals surface area contributed by atoms with E-state index in [4.69, 9.17) is 4.74 Å². The molecule has 6 rings (SSSR count). The number of nitrogens with one attached hydrogen (secondary N) is 1. The molecule has 1 fully saturated rings. The molecule has 0 bridgehead atoms. The average Bonchev–Trinajstić information content (AvgIpc) is 3.66. The Morgan fingerprint density at radius 2 is 1.90 bits per heavy atom. The highest BCUT2D eigenvalue weighted by atomic mass is 16.5. The van der Waals surface area contributed by atoms with Crippen molar-refractivity contribution in [2.75, 3.05) is 26.2 Å². The van der Waals surface area contributed by atoms with Crippen LogP contribution in [0, 0.1) is 0 Å². The Hall–Kier alpha value is -4.23. The smallest absolute Gasteiger partial charge is 0.258 e. The van der Waals surface area contributed by atoms with E-state index in [0.717, 1.165) is 48.5 Å². The fraction of sp³-hybridized carbons (Fsp3) is 0.343. The van der Waals surface area contributed by atoms with E-state index in [1.165, 1.54) is 30.4 Å². The van der Waals surface area contributed by atoms with Crippen LogP contribution in [0.4, 0.5) is 0 Å². The number of ether oxygens (including phenoxy) is 1. The predicted molar refractivity (Wildman–Crippen MR) is 164 cm³/mol. The standard InChI is InChI=1S/C35H38N4O3/c1-2-25-7-6-8-26(17-25)23-39-24-30(22-36-39)35(41)37-31-10-12-34(40)33(21-31)29-18-27-9-11-32(20-28(27)19-29)42-16-15-38-13-4-3-5-14-38/h6-11,17,19-22,24H,2-5,12-16,18,23H2,1H3,(H,37,41). The van der Waals surface area contributed by atoms with Gasteiger partial charge in [0.2, 0.25) is 0 Å². The van der Waals surface area contributed by atoms with Crippen molar-refractivity contribution in [3.8, 4) is 5.75 Å². The normalized spacial score (nSPS) is 16.9. The molecule has 0 saturated carbocycles. The summed E-state index contributed by atoms with van der Waals surface area (Å²) in [6.45, 7) is 6.69. The molecule has 1 amide bonds. The van der Waals surface area contributed by atoms with Gasteiger partial charge in [0, 0.05) is 30.4 Å². The third-order valence-electron chi connectivity index (χ3n) is 8.30. The highest BCUT2D eigenvalue weighted by Gasteiger charge is 2.24. The minimum absolute atomic E-state index is 0.0622. The highest BCUT2D eigenvalue weighted by Crippen LogP contribution is 2.34. The van der Waals surface area contributed by atoms with Crippen LogP contribution in [0.15, 0.2) is 83.9 Å². The summed E-state index contributed by atoms with van der Waals surface area (Å²) in [4.78, 5) is 28.4. The minimum atomic E-state index is -0.241. The van der Waals surface area contributed by atoms with Crippen molar-refractivity contribution in [3.05, 3.63) is 112 Å². The van der Waals surface area contributed by atoms with Crippen LogP contribution in [-0.4, -0.2) is 52.6 Å². The Morgan fingerprint density at radius 1 is 1.05 bits per heavy atom. The summed E-state index contributed by atoms with van der Waals surface area (Å²) >= 11 is 0. The zero-order valence-electron chi connectivity index (χ0n) is 24.3. The number of allylic oxidation sites excluding steroid dienone is 4. The number of ketones is 1. The van der Waals surface area contributed by atoms with Gasteiger partial charge < -0.3 is 10.1 Å². The molecule has 2 aromatic carbocycles. The predicted octanol–water partition coefficient (Wildman–Crippen LogP) is 5.51. The Bertz CT molecular complexity index is 1570. The van der Waals surface area contributed by atoms with Crippen LogP contribution >= 0.6 is 0 Å². The van der Waals surface area contributed by atoms with Crippen LogP contribution in [0.5, 0.6) is 5.75 Å². The molecule has 0 atom stereocenters. The fourth-order valence-electron chi connectivity index (χ4n) is 5.92. The van der Waals surface area contributed by atoms with Crippen molar-refractivity contribution in [2.24, 2.45) is 0 Å². The summed E-state index contributed by atoms with van der Waals surface area (Å²) in [5.74, 6) is 0.681. The van der Waals surface area contributed by atoms with Gasteiger partial charge in [0.05, 0.1) is 18.3 Å². The number of benzene rings is 2. The molecule has 1 aliphatic heterocycles. The van der Waals surface area contributed by atoms with E-state index >= 15 is 0 Å². The van der Waals surface area contributed by atoms with Gasteiger partial charge >= 0.3 is 0 Å². The molecule has 1 aromatic heterocycles. The molecule has 7 heteroatoms. The minimum Gasteiger partial charge on any atom is -0.492 e. The molecule has 7 nitrogen and oxygen atoms in total. The summed E-state index contributed by atoms with van der Waals surface area (Å²) in [6, 6.07) is 14.6. The lowest BCUT2D eigenvalue weighted by Crippen LogP contribution is -2.33. The monoisotopic (exact) mass is 562 g/mol. The van der Waals surface area contributed by atoms with Crippen LogP contribution in [-0.2, 0) is 24.2 Å². The summed E-state index contributed by atoms with van der Waals surface area (Å²) < 4.78 is 7.84. The maximum atomic E-state index is 13.0. The van der Waals surface area contributed by atoms with E-state index in [1.54, 1.807) is 29.2 Å². The van der Waals surface area contributed by atoms with Gasteiger partial charge in [-0.25, -0.2) is 0 Å². The number of amides is 1. The maximum absolute atomic E-state index is 13.0. The first kappa shape index (κ1) is 27.9. The van der Waals surface area contributed by atoms with Gasteiger partial charge in [-0.15, -0.1) is 0 Å². The molecule has 0 unspecified atom stereocenters. The number of carbonyl (C=O) groups is 2. The molecule has 3 aliphatic rings. The van der Waals surface area contributed by atoms with Crippen molar-refractivity contribution in [2.45, 2.75) is 52.0 Å². The maximum Gasteiger partial charge on any atom is 0.258 e. The SMILES string of the molecule is CCc1cccc(Cn2cc(C(=O)NC3=CCC(=O)C(C4=Cc5cc(OCCN6CCCCC6)ccc5C4)=C3)cn2)c1. The van der Waals surface area contributed by atoms with E-state index in [1.807, 2.05) is 12.1 Å². The van der Waals surface area contributed by atoms with Crippen molar-refractivity contribution < 1.29 is 14.3 Å². The first-order chi connectivity index (χ1) is 20.5. The zero-order valence-corrected chi connectivity index (χ0v) is 24.3. The third kappa shape index (κ3) is 6.63. The molecule has 2 heterocycles. The molecule has 2 aliphatic carbocycles. The van der Waals surface area contributed by atoms with Crippen LogP contribution < -0.4 is 10.1 Å². The van der Waals surface area contributed by atoms with Gasteiger partial charge in [-0.05, 0) is 84.8 Å². The Balaban J connectivity index is 1.08. The molecule has 42 heavy (non-hydrogen) atoms. The molecule has 3 aromatic rings. The van der Waals surface area contributed by atoms with E-state index < -0.39 is 0 Å². The largest absolute Gasteiger partial charge is 0.492 e. The number of nitrogens with zero attached hydrogens (tertiary/aromatic N) is 3. The molecule has 216 valence electrons. The fourth-order valence-corrected chi connectivity index (χ4v) is 5.92. The summed E-state index contributed by atoms with van der Waals surface area (Å²) in [5.41, 5.74) is 7.44. The van der Waals surface area contributed by atoms with Crippen LogP contribution in [0.2, 0.25) is 0 Å². The highest BCUT2D eigenvalue weighted by molar-refractivity contribution is 6.04. The van der Waals surface area contributed by atoms with Gasteiger partial charge in [-0.1, -0.05) is 55.8 Å². The second-order valence-electron chi connectivity index (χ2n) is 11.4. The first-order valence-corrected chi connectivity index (χ1v) is 15.1. The number of piperidine rings is 1. The number of carbonyl (C=O) groups excluding carboxylic acids is 2. The van der Waals surface area contributed by atoms with Crippen molar-refractivity contribution >= 4 is 17.8 Å². The molecular weight excluding hydrogens is 524 g/mol. The summed E-state index contributed by atoms with van der Waals surface area (Å²) in [5, 5.41) is 7.36. The number of rotatable bonds is 10. The van der Waals surface area contributed by atoms with Gasteiger partial charge in [0.25, 0.3) is 5.91 Å². The first-order valence-electron chi connectivity index (χ1n) is 15.1. The molecule has 0 radical (unpaired) electrons. The van der Waals surface area contributed by atoms with Crippen LogP contribution in [0.3, 0.4) is 0 Å². The Morgan fingerprint density at radius 3 is 2.76 bits per heavy atom. The van der Waals surface area contributed by atoms with Gasteiger partial charge in [-0.2, -0.15) is 5.10 Å². The second-order valence-corrected chi connectivity index (χ2v) is 11.4. The third-order valence-corrected chi connectivity index (χ3v) is 8.30. The van der Waals surface area contributed by atoms with E-state index in [-0.39, 0.29) is 18.1 Å². The number of likely N-dealkylation sites (tertiary alicyclic amines) is 1. The van der Waals surface area contributed by atoms with Gasteiger partial charge in [0.1, 0.15) is 12.4 Å². The van der Waals surface area contributed by atoms with Crippen LogP contribution in [0.1, 0.15) is 65.2 Å². The van der Waals surface area contributed by atoms with Crippen molar-refractivity contribution in [1.82, 2.24) is 20.0 Å². The van der Waals surface area contributed by atoms with Gasteiger partial charge in [0.15, 0.2) is 5.78 Å². The average molecular weight is 563 g/mol. The van der Waals surface area contributed by atoms with Crippen molar-refractivity contribution in [3.63, 3.8) is 0 Å². The molecule has 1 saturated heterocycles. The molecule has 1 N–H and O–H groups in total. The van der Waals surface area contributed by atoms with E-state index in [9.17, 15) is 9.59 Å². The summed E-state index contributed by atoms with van der Waals surface area (Å²) in [7, 11) is 0. The number of hydrogen-bond acceptors (Lipinski definition) is 5. The Kier molecular flexibility index (Phi) is 8.47.